The average Bonchev–Trinajstić information content (AvgIpc) is 3.32. The summed E-state index contributed by atoms with van der Waals surface area (Å²) < 4.78 is 0. The van der Waals surface area contributed by atoms with Crippen LogP contribution in [0.2, 0.25) is 0 Å². The summed E-state index contributed by atoms with van der Waals surface area (Å²) in [4.78, 5) is 0. The maximum Gasteiger partial charge on any atom is 0.00617 e. The summed E-state index contributed by atoms with van der Waals surface area (Å²) in [5.41, 5.74) is 17.2. The van der Waals surface area contributed by atoms with Gasteiger partial charge in [0.2, 0.25) is 0 Å². The van der Waals surface area contributed by atoms with Crippen LogP contribution in [0.25, 0.3) is 39.0 Å². The fraction of sp³-hybridized carbons (Fsp3) is 0.267. The van der Waals surface area contributed by atoms with Gasteiger partial charge in [-0.05, 0) is 106 Å². The Balaban J connectivity index is 0.000000242. The SMILES string of the molecule is CC.CC.CCCC.CCCc1ccc(-c2ccc(-c3ccccc3)cc2)cc1.Cc1ccc(-c2ccccc2C)cc1C1=CC2CC=CC=C2C=C1.Cc1ccccc1. The van der Waals surface area contributed by atoms with Gasteiger partial charge in [-0.2, -0.15) is 0 Å². The molecular weight excluding hydrogens is 721 g/mol. The van der Waals surface area contributed by atoms with Crippen LogP contribution >= 0.6 is 0 Å². The number of rotatable bonds is 7. The average molecular weight is 793 g/mol. The second kappa shape index (κ2) is 27.9. The molecule has 0 heterocycles. The highest BCUT2D eigenvalue weighted by molar-refractivity contribution is 5.82. The van der Waals surface area contributed by atoms with Crippen molar-refractivity contribution in [2.24, 2.45) is 5.92 Å². The lowest BCUT2D eigenvalue weighted by Gasteiger charge is -2.22. The van der Waals surface area contributed by atoms with Crippen molar-refractivity contribution < 1.29 is 0 Å². The second-order valence-corrected chi connectivity index (χ2v) is 14.8. The summed E-state index contributed by atoms with van der Waals surface area (Å²) in [7, 11) is 0. The van der Waals surface area contributed by atoms with Gasteiger partial charge in [-0.15, -0.1) is 0 Å². The third kappa shape index (κ3) is 15.5. The Labute approximate surface area is 366 Å². The van der Waals surface area contributed by atoms with Crippen LogP contribution in [0.3, 0.4) is 0 Å². The second-order valence-electron chi connectivity index (χ2n) is 14.8. The van der Waals surface area contributed by atoms with Crippen LogP contribution in [-0.4, -0.2) is 0 Å². The largest absolute Gasteiger partial charge is 0.0836 e. The van der Waals surface area contributed by atoms with Gasteiger partial charge in [-0.1, -0.05) is 255 Å². The van der Waals surface area contributed by atoms with Gasteiger partial charge in [-0.3, -0.25) is 0 Å². The van der Waals surface area contributed by atoms with E-state index in [2.05, 4.69) is 211 Å². The smallest absolute Gasteiger partial charge is 0.00617 e. The number of allylic oxidation sites excluding steroid dienone is 8. The van der Waals surface area contributed by atoms with E-state index in [0.29, 0.717) is 5.92 Å². The number of hydrogen-bond donors (Lipinski definition) is 0. The number of fused-ring (bicyclic) bond motifs is 1. The Morgan fingerprint density at radius 3 is 1.50 bits per heavy atom. The van der Waals surface area contributed by atoms with Gasteiger partial charge < -0.3 is 0 Å². The molecule has 6 aromatic rings. The van der Waals surface area contributed by atoms with Crippen LogP contribution in [0, 0.1) is 26.7 Å². The molecule has 1 atom stereocenters. The third-order valence-corrected chi connectivity index (χ3v) is 10.3. The Kier molecular flexibility index (Phi) is 22.6. The molecule has 2 aliphatic rings. The minimum atomic E-state index is 0.525. The van der Waals surface area contributed by atoms with Crippen LogP contribution in [0.4, 0.5) is 0 Å². The lowest BCUT2D eigenvalue weighted by atomic mass is 9.83. The van der Waals surface area contributed by atoms with Gasteiger partial charge in [0, 0.05) is 5.92 Å². The molecule has 0 spiro atoms. The van der Waals surface area contributed by atoms with E-state index >= 15 is 0 Å². The molecule has 0 nitrogen and oxygen atoms in total. The molecule has 8 rings (SSSR count). The molecule has 1 unspecified atom stereocenters. The summed E-state index contributed by atoms with van der Waals surface area (Å²) >= 11 is 0. The van der Waals surface area contributed by atoms with E-state index in [1.807, 2.05) is 45.9 Å². The fourth-order valence-corrected chi connectivity index (χ4v) is 6.82. The molecule has 0 N–H and O–H groups in total. The highest BCUT2D eigenvalue weighted by Crippen LogP contribution is 2.35. The van der Waals surface area contributed by atoms with Crippen molar-refractivity contribution in [2.75, 3.05) is 0 Å². The van der Waals surface area contributed by atoms with Crippen LogP contribution < -0.4 is 0 Å². The predicted octanol–water partition coefficient (Wildman–Crippen LogP) is 18.3. The first-order valence-electron chi connectivity index (χ1n) is 22.6. The summed E-state index contributed by atoms with van der Waals surface area (Å²) in [6, 6.07) is 54.0. The van der Waals surface area contributed by atoms with Gasteiger partial charge in [0.05, 0.1) is 0 Å². The first kappa shape index (κ1) is 48.6. The molecule has 312 valence electrons. The van der Waals surface area contributed by atoms with Crippen molar-refractivity contribution in [3.63, 3.8) is 0 Å². The zero-order valence-electron chi connectivity index (χ0n) is 38.5. The molecule has 0 fully saturated rings. The normalized spacial score (nSPS) is 12.9. The van der Waals surface area contributed by atoms with E-state index in [9.17, 15) is 0 Å². The van der Waals surface area contributed by atoms with Crippen LogP contribution in [0.15, 0.2) is 194 Å². The topological polar surface area (TPSA) is 0 Å². The van der Waals surface area contributed by atoms with Gasteiger partial charge in [0.1, 0.15) is 0 Å². The van der Waals surface area contributed by atoms with Crippen molar-refractivity contribution in [3.8, 4) is 33.4 Å². The predicted molar refractivity (Wildman–Crippen MR) is 270 cm³/mol. The van der Waals surface area contributed by atoms with Crippen molar-refractivity contribution in [1.29, 1.82) is 0 Å². The molecule has 0 bridgehead atoms. The van der Waals surface area contributed by atoms with Crippen molar-refractivity contribution in [1.82, 2.24) is 0 Å². The molecule has 60 heavy (non-hydrogen) atoms. The number of hydrogen-bond acceptors (Lipinski definition) is 0. The van der Waals surface area contributed by atoms with E-state index in [1.165, 1.54) is 91.6 Å². The Bertz CT molecular complexity index is 2190. The van der Waals surface area contributed by atoms with E-state index < -0.39 is 0 Å². The summed E-state index contributed by atoms with van der Waals surface area (Å²) in [5.74, 6) is 0.525. The van der Waals surface area contributed by atoms with E-state index in [0.717, 1.165) is 12.8 Å². The minimum Gasteiger partial charge on any atom is -0.0836 e. The molecule has 0 aromatic heterocycles. The maximum absolute atomic E-state index is 2.43. The molecule has 0 heteroatoms. The molecule has 0 saturated heterocycles. The van der Waals surface area contributed by atoms with E-state index in [1.54, 1.807) is 0 Å². The monoisotopic (exact) mass is 793 g/mol. The van der Waals surface area contributed by atoms with Gasteiger partial charge >= 0.3 is 0 Å². The van der Waals surface area contributed by atoms with Crippen molar-refractivity contribution in [2.45, 2.75) is 101 Å². The van der Waals surface area contributed by atoms with Crippen LogP contribution in [0.5, 0.6) is 0 Å². The zero-order valence-corrected chi connectivity index (χ0v) is 38.5. The fourth-order valence-electron chi connectivity index (χ4n) is 6.82. The Morgan fingerprint density at radius 2 is 0.967 bits per heavy atom. The molecule has 0 amide bonds. The van der Waals surface area contributed by atoms with E-state index in [-0.39, 0.29) is 0 Å². The molecule has 0 aliphatic heterocycles. The summed E-state index contributed by atoms with van der Waals surface area (Å²) in [5, 5.41) is 0. The highest BCUT2D eigenvalue weighted by atomic mass is 14.2. The summed E-state index contributed by atoms with van der Waals surface area (Å²) in [6.07, 6.45) is 19.7. The highest BCUT2D eigenvalue weighted by Gasteiger charge is 2.17. The van der Waals surface area contributed by atoms with Gasteiger partial charge in [0.15, 0.2) is 0 Å². The number of unbranched alkanes of at least 4 members (excludes halogenated alkanes) is 1. The van der Waals surface area contributed by atoms with Gasteiger partial charge in [-0.25, -0.2) is 0 Å². The zero-order chi connectivity index (χ0) is 43.5. The lowest BCUT2D eigenvalue weighted by Crippen LogP contribution is -2.06. The molecule has 0 saturated carbocycles. The van der Waals surface area contributed by atoms with E-state index in [4.69, 9.17) is 0 Å². The molecule has 6 aromatic carbocycles. The first-order chi connectivity index (χ1) is 29.4. The minimum absolute atomic E-state index is 0.525. The Hall–Kier alpha value is -5.72. The Morgan fingerprint density at radius 1 is 0.467 bits per heavy atom. The summed E-state index contributed by atoms with van der Waals surface area (Å²) in [6.45, 7) is 21.0. The maximum atomic E-state index is 2.43. The van der Waals surface area contributed by atoms with Gasteiger partial charge in [0.25, 0.3) is 0 Å². The quantitative estimate of drug-likeness (QED) is 0.151. The number of aryl methyl sites for hydroxylation is 4. The van der Waals surface area contributed by atoms with Crippen molar-refractivity contribution in [3.05, 3.63) is 222 Å². The molecular formula is C60H72. The molecule has 0 radical (unpaired) electrons. The van der Waals surface area contributed by atoms with Crippen LogP contribution in [0.1, 0.15) is 102 Å². The molecule has 2 aliphatic carbocycles. The lowest BCUT2D eigenvalue weighted by molar-refractivity contribution is 0.782. The number of benzene rings is 6. The van der Waals surface area contributed by atoms with Crippen LogP contribution in [-0.2, 0) is 6.42 Å². The van der Waals surface area contributed by atoms with Crippen molar-refractivity contribution >= 4 is 5.57 Å². The third-order valence-electron chi connectivity index (χ3n) is 10.3. The standard InChI is InChI=1S/C24H22.C21H20.C7H8.C4H10.2C2H6/c1-17-7-3-6-10-23(17)22-12-11-18(2)24(16-22)21-14-13-19-8-4-5-9-20(19)15-21;1-2-6-17-9-11-19(12-10-17)21-15-13-20(14-16-21)18-7-4-3-5-8-18;1-7-5-3-2-4-6-7;1-3-4-2;2*1-2/h3-8,10-16,20H,9H2,1-2H3;3-5,7-16H,2,6H2,1H3;2-6H,1H3;3-4H2,1-2H3;2*1-2H3. The first-order valence-corrected chi connectivity index (χ1v) is 22.6.